The first kappa shape index (κ1) is 21.0. The van der Waals surface area contributed by atoms with E-state index in [1.54, 1.807) is 0 Å². The smallest absolute Gasteiger partial charge is 0.191 e. The van der Waals surface area contributed by atoms with E-state index in [1.807, 2.05) is 0 Å². The average Bonchev–Trinajstić information content (AvgIpc) is 2.82. The summed E-state index contributed by atoms with van der Waals surface area (Å²) in [6.07, 6.45) is 5.04. The molecule has 0 saturated carbocycles. The average molecular weight is 410 g/mol. The quantitative estimate of drug-likeness (QED) is 0.280. The highest BCUT2D eigenvalue weighted by atomic mass is 127. The molecule has 0 aromatic heterocycles. The van der Waals surface area contributed by atoms with Crippen molar-refractivity contribution in [2.75, 3.05) is 32.7 Å². The third-order valence-corrected chi connectivity index (χ3v) is 3.73. The highest BCUT2D eigenvalue weighted by Gasteiger charge is 2.24. The molecule has 0 aromatic rings. The molecule has 0 radical (unpaired) electrons. The lowest BCUT2D eigenvalue weighted by molar-refractivity contribution is 0.231. The number of aliphatic imine (C=N–C) groups is 1. The molecule has 1 atom stereocenters. The van der Waals surface area contributed by atoms with Crippen molar-refractivity contribution in [3.63, 3.8) is 0 Å². The van der Waals surface area contributed by atoms with E-state index in [-0.39, 0.29) is 24.0 Å². The molecule has 0 spiro atoms. The van der Waals surface area contributed by atoms with Crippen LogP contribution in [-0.2, 0) is 0 Å². The van der Waals surface area contributed by atoms with Gasteiger partial charge in [-0.3, -0.25) is 9.89 Å². The van der Waals surface area contributed by atoms with Crippen LogP contribution in [0.2, 0.25) is 0 Å². The highest BCUT2D eigenvalue weighted by molar-refractivity contribution is 14.0. The molecule has 1 aliphatic heterocycles. The number of rotatable bonds is 8. The van der Waals surface area contributed by atoms with E-state index in [9.17, 15) is 0 Å². The summed E-state index contributed by atoms with van der Waals surface area (Å²) in [7, 11) is 0. The van der Waals surface area contributed by atoms with Gasteiger partial charge in [-0.1, -0.05) is 27.2 Å². The van der Waals surface area contributed by atoms with Crippen LogP contribution in [0.5, 0.6) is 0 Å². The Balaban J connectivity index is 0.00000400. The summed E-state index contributed by atoms with van der Waals surface area (Å²) in [6, 6.07) is 0.638. The van der Waals surface area contributed by atoms with Crippen LogP contribution in [-0.4, -0.2) is 49.6 Å². The second-order valence-electron chi connectivity index (χ2n) is 6.18. The lowest BCUT2D eigenvalue weighted by Crippen LogP contribution is -2.40. The number of hydrogen-bond acceptors (Lipinski definition) is 2. The van der Waals surface area contributed by atoms with E-state index < -0.39 is 0 Å². The predicted molar refractivity (Wildman–Crippen MR) is 104 cm³/mol. The fraction of sp³-hybridized carbons (Fsp3) is 0.938. The molecule has 5 heteroatoms. The van der Waals surface area contributed by atoms with E-state index in [4.69, 9.17) is 4.99 Å². The topological polar surface area (TPSA) is 39.7 Å². The van der Waals surface area contributed by atoms with Gasteiger partial charge in [0, 0.05) is 25.7 Å². The maximum atomic E-state index is 4.78. The molecule has 1 aliphatic rings. The minimum Gasteiger partial charge on any atom is -0.357 e. The zero-order valence-electron chi connectivity index (χ0n) is 14.3. The standard InChI is InChI=1S/C16H34N4.HI/c1-5-7-10-18-16(17-6-2)19-12-15-9-8-11-20(15)13-14(3)4;/h14-15H,5-13H2,1-4H3,(H2,17,18,19);1H/t15-;/m1./s1. The van der Waals surface area contributed by atoms with Crippen molar-refractivity contribution in [2.45, 2.75) is 59.4 Å². The third-order valence-electron chi connectivity index (χ3n) is 3.73. The number of nitrogens with one attached hydrogen (secondary N) is 2. The molecule has 1 fully saturated rings. The van der Waals surface area contributed by atoms with Gasteiger partial charge in [-0.15, -0.1) is 24.0 Å². The Morgan fingerprint density at radius 1 is 1.29 bits per heavy atom. The van der Waals surface area contributed by atoms with Crippen molar-refractivity contribution in [1.82, 2.24) is 15.5 Å². The Kier molecular flexibility index (Phi) is 12.5. The second kappa shape index (κ2) is 12.5. The monoisotopic (exact) mass is 410 g/mol. The minimum absolute atomic E-state index is 0. The molecule has 126 valence electrons. The Hall–Kier alpha value is -0.0400. The first-order chi connectivity index (χ1) is 9.67. The Morgan fingerprint density at radius 2 is 2.05 bits per heavy atom. The number of guanidine groups is 1. The van der Waals surface area contributed by atoms with Gasteiger partial charge in [0.2, 0.25) is 0 Å². The Bertz CT molecular complexity index is 281. The van der Waals surface area contributed by atoms with Crippen LogP contribution < -0.4 is 10.6 Å². The van der Waals surface area contributed by atoms with Gasteiger partial charge in [-0.25, -0.2) is 0 Å². The highest BCUT2D eigenvalue weighted by Crippen LogP contribution is 2.18. The molecule has 21 heavy (non-hydrogen) atoms. The Morgan fingerprint density at radius 3 is 2.67 bits per heavy atom. The first-order valence-corrected chi connectivity index (χ1v) is 8.43. The molecule has 4 nitrogen and oxygen atoms in total. The SMILES string of the molecule is CCCCNC(=NC[C@H]1CCCN1CC(C)C)NCC.I. The molecule has 0 aromatic carbocycles. The number of likely N-dealkylation sites (tertiary alicyclic amines) is 1. The summed E-state index contributed by atoms with van der Waals surface area (Å²) >= 11 is 0. The number of unbranched alkanes of at least 4 members (excludes halogenated alkanes) is 1. The second-order valence-corrected chi connectivity index (χ2v) is 6.18. The van der Waals surface area contributed by atoms with Gasteiger partial charge in [-0.05, 0) is 38.6 Å². The first-order valence-electron chi connectivity index (χ1n) is 8.43. The summed E-state index contributed by atoms with van der Waals surface area (Å²) in [5.74, 6) is 1.73. The summed E-state index contributed by atoms with van der Waals surface area (Å²) < 4.78 is 0. The Labute approximate surface area is 148 Å². The van der Waals surface area contributed by atoms with Crippen molar-refractivity contribution < 1.29 is 0 Å². The van der Waals surface area contributed by atoms with Crippen LogP contribution in [0.1, 0.15) is 53.4 Å². The zero-order chi connectivity index (χ0) is 14.8. The zero-order valence-corrected chi connectivity index (χ0v) is 16.7. The molecule has 1 rings (SSSR count). The number of hydrogen-bond donors (Lipinski definition) is 2. The molecule has 1 saturated heterocycles. The summed E-state index contributed by atoms with van der Waals surface area (Å²) in [5, 5.41) is 6.76. The maximum absolute atomic E-state index is 4.78. The van der Waals surface area contributed by atoms with Gasteiger partial charge in [-0.2, -0.15) is 0 Å². The lowest BCUT2D eigenvalue weighted by Gasteiger charge is -2.25. The predicted octanol–water partition coefficient (Wildman–Crippen LogP) is 3.08. The normalized spacial score (nSPS) is 19.7. The van der Waals surface area contributed by atoms with Crippen LogP contribution in [0.15, 0.2) is 4.99 Å². The van der Waals surface area contributed by atoms with Crippen molar-refractivity contribution in [3.05, 3.63) is 0 Å². The van der Waals surface area contributed by atoms with E-state index in [0.29, 0.717) is 6.04 Å². The third kappa shape index (κ3) is 8.86. The van der Waals surface area contributed by atoms with Gasteiger partial charge in [0.1, 0.15) is 0 Å². The van der Waals surface area contributed by atoms with Crippen molar-refractivity contribution in [2.24, 2.45) is 10.9 Å². The van der Waals surface area contributed by atoms with Crippen molar-refractivity contribution >= 4 is 29.9 Å². The van der Waals surface area contributed by atoms with Gasteiger partial charge < -0.3 is 10.6 Å². The fourth-order valence-corrected chi connectivity index (χ4v) is 2.73. The summed E-state index contributed by atoms with van der Waals surface area (Å²) in [6.45, 7) is 14.3. The van der Waals surface area contributed by atoms with Crippen molar-refractivity contribution in [3.8, 4) is 0 Å². The van der Waals surface area contributed by atoms with Gasteiger partial charge in [0.05, 0.1) is 6.54 Å². The fourth-order valence-electron chi connectivity index (χ4n) is 2.73. The van der Waals surface area contributed by atoms with Crippen LogP contribution in [0.4, 0.5) is 0 Å². The molecule has 0 unspecified atom stereocenters. The molecular weight excluding hydrogens is 375 g/mol. The number of nitrogens with zero attached hydrogens (tertiary/aromatic N) is 2. The summed E-state index contributed by atoms with van der Waals surface area (Å²) in [5.41, 5.74) is 0. The van der Waals surface area contributed by atoms with Crippen LogP contribution in [0.3, 0.4) is 0 Å². The van der Waals surface area contributed by atoms with Crippen molar-refractivity contribution in [1.29, 1.82) is 0 Å². The van der Waals surface area contributed by atoms with E-state index >= 15 is 0 Å². The van der Waals surface area contributed by atoms with Gasteiger partial charge in [0.15, 0.2) is 5.96 Å². The van der Waals surface area contributed by atoms with E-state index in [2.05, 4.69) is 43.2 Å². The molecule has 0 aliphatic carbocycles. The lowest BCUT2D eigenvalue weighted by atomic mass is 10.2. The molecule has 0 amide bonds. The molecular formula is C16H35IN4. The maximum Gasteiger partial charge on any atom is 0.191 e. The molecule has 0 bridgehead atoms. The number of halogens is 1. The van der Waals surface area contributed by atoms with Gasteiger partial charge >= 0.3 is 0 Å². The van der Waals surface area contributed by atoms with Crippen LogP contribution >= 0.6 is 24.0 Å². The van der Waals surface area contributed by atoms with Crippen LogP contribution in [0.25, 0.3) is 0 Å². The van der Waals surface area contributed by atoms with E-state index in [0.717, 1.165) is 31.5 Å². The van der Waals surface area contributed by atoms with Gasteiger partial charge in [0.25, 0.3) is 0 Å². The van der Waals surface area contributed by atoms with Crippen LogP contribution in [0, 0.1) is 5.92 Å². The largest absolute Gasteiger partial charge is 0.357 e. The molecule has 2 N–H and O–H groups in total. The minimum atomic E-state index is 0. The summed E-state index contributed by atoms with van der Waals surface area (Å²) in [4.78, 5) is 7.39. The molecule has 1 heterocycles. The van der Waals surface area contributed by atoms with E-state index in [1.165, 1.54) is 38.8 Å².